The summed E-state index contributed by atoms with van der Waals surface area (Å²) in [7, 11) is -10.3. The summed E-state index contributed by atoms with van der Waals surface area (Å²) in [4.78, 5) is 35.8. The summed E-state index contributed by atoms with van der Waals surface area (Å²) in [6, 6.07) is -0.175. The lowest BCUT2D eigenvalue weighted by atomic mass is 9.98. The van der Waals surface area contributed by atoms with Crippen molar-refractivity contribution in [1.82, 2.24) is 0 Å². The number of hydrogen-bond acceptors (Lipinski definition) is 9. The van der Waals surface area contributed by atoms with Gasteiger partial charge in [-0.1, -0.05) is 26.4 Å². The molecule has 0 aromatic heterocycles. The van der Waals surface area contributed by atoms with Crippen molar-refractivity contribution in [3.05, 3.63) is 38.9 Å². The molecule has 10 nitrogen and oxygen atoms in total. The van der Waals surface area contributed by atoms with Gasteiger partial charge in [-0.3, -0.25) is 0 Å². The second-order valence-corrected chi connectivity index (χ2v) is 10.2. The molecule has 38 heavy (non-hydrogen) atoms. The fraction of sp³-hybridized carbons (Fsp3) is 0.474. The van der Waals surface area contributed by atoms with Gasteiger partial charge in [-0.2, -0.15) is 13.2 Å². The molecule has 1 aromatic rings. The van der Waals surface area contributed by atoms with Crippen molar-refractivity contribution in [2.45, 2.75) is 56.8 Å². The molecule has 1 heterocycles. The summed E-state index contributed by atoms with van der Waals surface area (Å²) in [5.74, 6) is -2.67. The second-order valence-electron chi connectivity index (χ2n) is 7.75. The molecule has 0 saturated heterocycles. The molecule has 0 fully saturated rings. The highest BCUT2D eigenvalue weighted by molar-refractivity contribution is 8.45. The summed E-state index contributed by atoms with van der Waals surface area (Å²) in [6.07, 6.45) is -13.3. The van der Waals surface area contributed by atoms with Gasteiger partial charge in [0.25, 0.3) is 5.09 Å². The third-order valence-electron chi connectivity index (χ3n) is 4.60. The maximum atomic E-state index is 13.7. The van der Waals surface area contributed by atoms with Crippen LogP contribution >= 0.6 is 10.2 Å². The van der Waals surface area contributed by atoms with Gasteiger partial charge in [-0.15, -0.1) is 10.1 Å². The van der Waals surface area contributed by atoms with Crippen molar-refractivity contribution < 1.29 is 71.1 Å². The van der Waals surface area contributed by atoms with Crippen LogP contribution in [0.3, 0.4) is 0 Å². The molecule has 0 spiro atoms. The molecule has 0 N–H and O–H groups in total. The zero-order valence-corrected chi connectivity index (χ0v) is 20.2. The van der Waals surface area contributed by atoms with Gasteiger partial charge >= 0.3 is 28.5 Å². The van der Waals surface area contributed by atoms with Crippen LogP contribution in [0.2, 0.25) is 0 Å². The molecule has 0 amide bonds. The fourth-order valence-electron chi connectivity index (χ4n) is 3.02. The lowest BCUT2D eigenvalue weighted by molar-refractivity contribution is -0.759. The van der Waals surface area contributed by atoms with E-state index in [1.807, 2.05) is 0 Å². The van der Waals surface area contributed by atoms with E-state index >= 15 is 0 Å². The van der Waals surface area contributed by atoms with E-state index in [1.165, 1.54) is 6.92 Å². The number of ether oxygens (including phenoxy) is 4. The van der Waals surface area contributed by atoms with Crippen LogP contribution in [0, 0.1) is 10.1 Å². The largest absolute Gasteiger partial charge is 0.511 e. The number of fused-ring (bicyclic) bond motifs is 1. The highest BCUT2D eigenvalue weighted by Crippen LogP contribution is 3.02. The molecule has 0 saturated carbocycles. The Labute approximate surface area is 208 Å². The first kappa shape index (κ1) is 30.7. The van der Waals surface area contributed by atoms with Gasteiger partial charge in [-0.25, -0.2) is 9.59 Å². The zero-order valence-electron chi connectivity index (χ0n) is 19.4. The smallest absolute Gasteiger partial charge is 0.475 e. The highest BCUT2D eigenvalue weighted by atomic mass is 32.5. The average molecular weight is 589 g/mol. The van der Waals surface area contributed by atoms with Crippen molar-refractivity contribution in [1.29, 1.82) is 0 Å². The number of alkyl halides is 3. The minimum Gasteiger partial charge on any atom is -0.475 e. The molecule has 1 aliphatic rings. The number of carbonyl (C=O) groups is 2. The number of benzene rings is 1. The van der Waals surface area contributed by atoms with E-state index < -0.39 is 92.5 Å². The maximum Gasteiger partial charge on any atom is 0.511 e. The van der Waals surface area contributed by atoms with E-state index in [-0.39, 0.29) is 18.2 Å². The molecule has 2 rings (SSSR count). The van der Waals surface area contributed by atoms with E-state index in [0.717, 1.165) is 13.8 Å². The van der Waals surface area contributed by atoms with Gasteiger partial charge in [0.2, 0.25) is 12.4 Å². The Balaban J connectivity index is 2.35. The third kappa shape index (κ3) is 7.99. The number of halogens is 8. The summed E-state index contributed by atoms with van der Waals surface area (Å²) in [6.45, 7) is 2.46. The Morgan fingerprint density at radius 3 is 2.21 bits per heavy atom. The number of hydrogen-bond donors (Lipinski definition) is 0. The predicted molar refractivity (Wildman–Crippen MR) is 111 cm³/mol. The van der Waals surface area contributed by atoms with Crippen molar-refractivity contribution >= 4 is 28.4 Å². The number of aryl methyl sites for hydroxylation is 1. The summed E-state index contributed by atoms with van der Waals surface area (Å²) < 4.78 is 126. The Morgan fingerprint density at radius 1 is 1.11 bits per heavy atom. The first-order chi connectivity index (χ1) is 17.0. The van der Waals surface area contributed by atoms with Gasteiger partial charge in [0.05, 0.1) is 5.57 Å². The van der Waals surface area contributed by atoms with Crippen molar-refractivity contribution in [2.75, 3.05) is 6.61 Å². The van der Waals surface area contributed by atoms with Crippen LogP contribution in [0.25, 0.3) is 6.08 Å². The molecule has 1 aromatic carbocycles. The van der Waals surface area contributed by atoms with Gasteiger partial charge in [0.1, 0.15) is 23.4 Å². The third-order valence-corrected chi connectivity index (χ3v) is 5.73. The average Bonchev–Trinajstić information content (AvgIpc) is 2.73. The molecule has 0 aliphatic carbocycles. The SMILES string of the molecule is CCc1cc(S(F)(F)(F)(F)F)cc2c1OC(C(F)(F)F)C(C(=O)OC(C)OC(=O)O[C@@H](C)CO[N+](=O)[O-])=C2. The normalized spacial score (nSPS) is 18.8. The first-order valence-electron chi connectivity index (χ1n) is 10.2. The lowest BCUT2D eigenvalue weighted by Gasteiger charge is -2.41. The topological polar surface area (TPSA) is 123 Å². The molecule has 2 unspecified atom stereocenters. The van der Waals surface area contributed by atoms with Crippen LogP contribution in [-0.2, 0) is 30.3 Å². The van der Waals surface area contributed by atoms with Crippen LogP contribution in [0.5, 0.6) is 5.75 Å². The zero-order chi connectivity index (χ0) is 29.3. The Bertz CT molecular complexity index is 1150. The standard InChI is InChI=1S/C19H19F8NO9S/c1-4-11-5-13(38(23,24,25,26)27)6-12-7-14(16(19(20,21)22)37-15(11)12)17(29)35-10(3)36-18(30)34-9(2)8-33-28(31)32/h5-7,9-10,16H,4,8H2,1-3H3/t9-,10?,16?/m0/s1. The lowest BCUT2D eigenvalue weighted by Crippen LogP contribution is -2.41. The molecule has 216 valence electrons. The van der Waals surface area contributed by atoms with E-state index in [1.54, 1.807) is 0 Å². The van der Waals surface area contributed by atoms with Crippen molar-refractivity contribution in [3.8, 4) is 5.75 Å². The van der Waals surface area contributed by atoms with Crippen LogP contribution in [-0.4, -0.2) is 48.5 Å². The van der Waals surface area contributed by atoms with Crippen LogP contribution in [0.1, 0.15) is 31.9 Å². The van der Waals surface area contributed by atoms with E-state index in [4.69, 9.17) is 4.74 Å². The predicted octanol–water partition coefficient (Wildman–Crippen LogP) is 6.25. The second kappa shape index (κ2) is 9.66. The fourth-order valence-corrected chi connectivity index (χ4v) is 3.74. The quantitative estimate of drug-likeness (QED) is 0.108. The first-order valence-corrected chi connectivity index (χ1v) is 12.2. The van der Waals surface area contributed by atoms with E-state index in [2.05, 4.69) is 19.0 Å². The van der Waals surface area contributed by atoms with Crippen LogP contribution in [0.4, 0.5) is 37.4 Å². The van der Waals surface area contributed by atoms with Gasteiger partial charge in [0, 0.05) is 12.5 Å². The molecule has 3 atom stereocenters. The number of carbonyl (C=O) groups excluding carboxylic acids is 2. The molecule has 1 aliphatic heterocycles. The number of rotatable bonds is 9. The Morgan fingerprint density at radius 2 is 1.71 bits per heavy atom. The van der Waals surface area contributed by atoms with Crippen molar-refractivity contribution in [2.24, 2.45) is 0 Å². The number of esters is 1. The molecule has 0 radical (unpaired) electrons. The Hall–Kier alpha value is -3.51. The summed E-state index contributed by atoms with van der Waals surface area (Å²) in [5.41, 5.74) is -2.95. The van der Waals surface area contributed by atoms with Crippen LogP contribution in [0.15, 0.2) is 22.6 Å². The minimum absolute atomic E-state index is 0.0236. The van der Waals surface area contributed by atoms with E-state index in [0.29, 0.717) is 0 Å². The molecular formula is C19H19F8NO9S. The van der Waals surface area contributed by atoms with Gasteiger partial charge in [0.15, 0.2) is 0 Å². The van der Waals surface area contributed by atoms with Gasteiger partial charge < -0.3 is 23.8 Å². The minimum atomic E-state index is -10.3. The molecular weight excluding hydrogens is 570 g/mol. The number of nitrogens with zero attached hydrogens (tertiary/aromatic N) is 1. The Kier molecular flexibility index (Phi) is 7.81. The highest BCUT2D eigenvalue weighted by Gasteiger charge is 2.66. The molecule has 19 heteroatoms. The maximum absolute atomic E-state index is 13.7. The molecule has 0 bridgehead atoms. The summed E-state index contributed by atoms with van der Waals surface area (Å²) in [5, 5.41) is 8.93. The van der Waals surface area contributed by atoms with Gasteiger partial charge in [-0.05, 0) is 37.1 Å². The summed E-state index contributed by atoms with van der Waals surface area (Å²) >= 11 is 0. The van der Waals surface area contributed by atoms with Crippen LogP contribution < -0.4 is 4.74 Å². The van der Waals surface area contributed by atoms with Crippen molar-refractivity contribution in [3.63, 3.8) is 0 Å². The van der Waals surface area contributed by atoms with E-state index in [9.17, 15) is 52.3 Å². The monoisotopic (exact) mass is 589 g/mol.